The molecule has 0 aliphatic carbocycles. The topological polar surface area (TPSA) is 97.6 Å². The largest absolute Gasteiger partial charge is 0.378 e. The van der Waals surface area contributed by atoms with Gasteiger partial charge < -0.3 is 19.5 Å². The van der Waals surface area contributed by atoms with Crippen molar-refractivity contribution in [2.75, 3.05) is 32.8 Å². The Bertz CT molecular complexity index is 823. The van der Waals surface area contributed by atoms with Crippen LogP contribution in [0, 0.1) is 0 Å². The molecular weight excluding hydrogens is 360 g/mol. The molecular formula is C20H24N4O4. The van der Waals surface area contributed by atoms with Gasteiger partial charge in [0.2, 0.25) is 5.91 Å². The van der Waals surface area contributed by atoms with Crippen molar-refractivity contribution in [2.24, 2.45) is 0 Å². The van der Waals surface area contributed by atoms with Crippen LogP contribution in [0.25, 0.3) is 11.5 Å². The lowest BCUT2D eigenvalue weighted by molar-refractivity contribution is -0.116. The summed E-state index contributed by atoms with van der Waals surface area (Å²) < 4.78 is 10.6. The van der Waals surface area contributed by atoms with Crippen LogP contribution in [-0.2, 0) is 16.0 Å². The molecule has 8 heteroatoms. The van der Waals surface area contributed by atoms with Gasteiger partial charge in [0.15, 0.2) is 5.82 Å². The molecule has 1 aromatic heterocycles. The Labute approximate surface area is 163 Å². The Morgan fingerprint density at radius 2 is 1.96 bits per heavy atom. The Kier molecular flexibility index (Phi) is 6.91. The maximum absolute atomic E-state index is 12.5. The number of hydrogen-bond acceptors (Lipinski definition) is 6. The first-order valence-corrected chi connectivity index (χ1v) is 9.42. The molecule has 1 fully saturated rings. The molecule has 0 spiro atoms. The van der Waals surface area contributed by atoms with Crippen molar-refractivity contribution in [3.63, 3.8) is 0 Å². The normalized spacial score (nSPS) is 14.4. The molecule has 8 nitrogen and oxygen atoms in total. The van der Waals surface area contributed by atoms with E-state index < -0.39 is 0 Å². The van der Waals surface area contributed by atoms with Gasteiger partial charge in [0.25, 0.3) is 11.8 Å². The molecule has 1 aromatic carbocycles. The highest BCUT2D eigenvalue weighted by atomic mass is 16.5. The molecule has 2 heterocycles. The molecule has 148 valence electrons. The number of morpholine rings is 1. The Morgan fingerprint density at radius 3 is 2.68 bits per heavy atom. The second-order valence-corrected chi connectivity index (χ2v) is 6.35. The van der Waals surface area contributed by atoms with E-state index in [-0.39, 0.29) is 11.8 Å². The molecule has 0 radical (unpaired) electrons. The van der Waals surface area contributed by atoms with Crippen LogP contribution in [0.2, 0.25) is 0 Å². The molecule has 0 saturated carbocycles. The minimum Gasteiger partial charge on any atom is -0.378 e. The lowest BCUT2D eigenvalue weighted by Gasteiger charge is -2.26. The van der Waals surface area contributed by atoms with Gasteiger partial charge in [-0.15, -0.1) is 0 Å². The third-order valence-electron chi connectivity index (χ3n) is 4.30. The van der Waals surface area contributed by atoms with Crippen molar-refractivity contribution in [3.8, 4) is 11.5 Å². The number of benzene rings is 1. The van der Waals surface area contributed by atoms with E-state index in [0.717, 1.165) is 12.0 Å². The van der Waals surface area contributed by atoms with Crippen LogP contribution < -0.4 is 5.32 Å². The third-order valence-corrected chi connectivity index (χ3v) is 4.30. The summed E-state index contributed by atoms with van der Waals surface area (Å²) in [6, 6.07) is 7.11. The van der Waals surface area contributed by atoms with Crippen molar-refractivity contribution in [2.45, 2.75) is 19.8 Å². The zero-order valence-electron chi connectivity index (χ0n) is 15.9. The van der Waals surface area contributed by atoms with E-state index in [1.807, 2.05) is 6.92 Å². The van der Waals surface area contributed by atoms with Crippen LogP contribution in [0.4, 0.5) is 0 Å². The summed E-state index contributed by atoms with van der Waals surface area (Å²) in [6.45, 7) is 4.76. The Hall–Kier alpha value is -3.00. The molecule has 28 heavy (non-hydrogen) atoms. The van der Waals surface area contributed by atoms with E-state index in [9.17, 15) is 9.59 Å². The summed E-state index contributed by atoms with van der Waals surface area (Å²) >= 11 is 0. The molecule has 1 aliphatic heterocycles. The van der Waals surface area contributed by atoms with Crippen molar-refractivity contribution in [1.82, 2.24) is 20.4 Å². The third kappa shape index (κ3) is 5.26. The summed E-state index contributed by atoms with van der Waals surface area (Å²) in [6.07, 6.45) is 4.61. The maximum atomic E-state index is 12.5. The van der Waals surface area contributed by atoms with Crippen molar-refractivity contribution in [3.05, 3.63) is 47.8 Å². The monoisotopic (exact) mass is 384 g/mol. The van der Waals surface area contributed by atoms with Crippen LogP contribution in [0.5, 0.6) is 0 Å². The second kappa shape index (κ2) is 9.80. The van der Waals surface area contributed by atoms with E-state index in [2.05, 4.69) is 15.5 Å². The molecule has 2 amide bonds. The van der Waals surface area contributed by atoms with Crippen LogP contribution in [0.15, 0.2) is 40.9 Å². The lowest BCUT2D eigenvalue weighted by atomic mass is 10.1. The number of nitrogens with zero attached hydrogens (tertiary/aromatic N) is 3. The van der Waals surface area contributed by atoms with Gasteiger partial charge in [-0.3, -0.25) is 9.59 Å². The fourth-order valence-corrected chi connectivity index (χ4v) is 2.76. The molecule has 1 saturated heterocycles. The fourth-order valence-electron chi connectivity index (χ4n) is 2.76. The summed E-state index contributed by atoms with van der Waals surface area (Å²) in [5, 5.41) is 6.71. The number of amides is 2. The van der Waals surface area contributed by atoms with Crippen LogP contribution in [-0.4, -0.2) is 59.7 Å². The van der Waals surface area contributed by atoms with Crippen molar-refractivity contribution >= 4 is 11.8 Å². The Balaban J connectivity index is 1.55. The quantitative estimate of drug-likeness (QED) is 0.732. The highest BCUT2D eigenvalue weighted by Gasteiger charge is 2.18. The minimum absolute atomic E-state index is 0.00562. The van der Waals surface area contributed by atoms with Gasteiger partial charge in [0, 0.05) is 37.2 Å². The van der Waals surface area contributed by atoms with Gasteiger partial charge in [-0.05, 0) is 36.8 Å². The fraction of sp³-hybridized carbons (Fsp3) is 0.400. The first-order chi connectivity index (χ1) is 13.7. The van der Waals surface area contributed by atoms with Crippen molar-refractivity contribution < 1.29 is 18.8 Å². The molecule has 0 atom stereocenters. The number of carbonyl (C=O) groups excluding carboxylic acids is 2. The standard InChI is InChI=1S/C20H24N4O4/c1-2-3-4-18(25)21-10-9-17-22-19(28-23-17)15-5-7-16(8-6-15)20(26)24-11-13-27-14-12-24/h3-8H,2,9-14H2,1H3,(H,21,25)/b4-3+. The van der Waals surface area contributed by atoms with Crippen LogP contribution in [0.3, 0.4) is 0 Å². The van der Waals surface area contributed by atoms with E-state index >= 15 is 0 Å². The highest BCUT2D eigenvalue weighted by molar-refractivity contribution is 5.94. The van der Waals surface area contributed by atoms with Crippen molar-refractivity contribution in [1.29, 1.82) is 0 Å². The number of ether oxygens (including phenoxy) is 1. The number of aromatic nitrogens is 2. The number of rotatable bonds is 7. The van der Waals surface area contributed by atoms with Gasteiger partial charge in [0.05, 0.1) is 13.2 Å². The molecule has 2 aromatic rings. The molecule has 3 rings (SSSR count). The zero-order chi connectivity index (χ0) is 19.8. The van der Waals surface area contributed by atoms with E-state index in [0.29, 0.717) is 56.5 Å². The summed E-state index contributed by atoms with van der Waals surface area (Å²) in [4.78, 5) is 30.1. The number of allylic oxidation sites excluding steroid dienone is 1. The minimum atomic E-state index is -0.133. The van der Waals surface area contributed by atoms with Crippen LogP contribution >= 0.6 is 0 Å². The first-order valence-electron chi connectivity index (χ1n) is 9.42. The molecule has 0 bridgehead atoms. The number of nitrogens with one attached hydrogen (secondary N) is 1. The predicted molar refractivity (Wildman–Crippen MR) is 103 cm³/mol. The zero-order valence-corrected chi connectivity index (χ0v) is 15.9. The maximum Gasteiger partial charge on any atom is 0.257 e. The molecule has 1 aliphatic rings. The second-order valence-electron chi connectivity index (χ2n) is 6.35. The van der Waals surface area contributed by atoms with Gasteiger partial charge in [0.1, 0.15) is 0 Å². The lowest BCUT2D eigenvalue weighted by Crippen LogP contribution is -2.40. The molecule has 0 unspecified atom stereocenters. The van der Waals surface area contributed by atoms with Gasteiger partial charge >= 0.3 is 0 Å². The Morgan fingerprint density at radius 1 is 1.21 bits per heavy atom. The van der Waals surface area contributed by atoms with Gasteiger partial charge in [-0.25, -0.2) is 0 Å². The van der Waals surface area contributed by atoms with Crippen LogP contribution in [0.1, 0.15) is 29.5 Å². The summed E-state index contributed by atoms with van der Waals surface area (Å²) in [5.74, 6) is 0.765. The summed E-state index contributed by atoms with van der Waals surface area (Å²) in [5.41, 5.74) is 1.36. The average Bonchev–Trinajstić information content (AvgIpc) is 3.21. The van der Waals surface area contributed by atoms with E-state index in [4.69, 9.17) is 9.26 Å². The van der Waals surface area contributed by atoms with E-state index in [1.54, 1.807) is 35.2 Å². The molecule has 1 N–H and O–H groups in total. The highest BCUT2D eigenvalue weighted by Crippen LogP contribution is 2.19. The average molecular weight is 384 g/mol. The van der Waals surface area contributed by atoms with E-state index in [1.165, 1.54) is 6.08 Å². The summed E-state index contributed by atoms with van der Waals surface area (Å²) in [7, 11) is 0. The predicted octanol–water partition coefficient (Wildman–Crippen LogP) is 1.83. The number of hydrogen-bond donors (Lipinski definition) is 1. The first kappa shape index (κ1) is 19.8. The van der Waals surface area contributed by atoms with Gasteiger partial charge in [-0.1, -0.05) is 18.2 Å². The SMILES string of the molecule is CC/C=C/C(=O)NCCc1noc(-c2ccc(C(=O)N3CCOCC3)cc2)n1. The number of carbonyl (C=O) groups is 2. The van der Waals surface area contributed by atoms with Gasteiger partial charge in [-0.2, -0.15) is 4.98 Å². The smallest absolute Gasteiger partial charge is 0.257 e.